The monoisotopic (exact) mass is 275 g/mol. The minimum atomic E-state index is -0.521. The van der Waals surface area contributed by atoms with E-state index in [9.17, 15) is 9.90 Å². The summed E-state index contributed by atoms with van der Waals surface area (Å²) in [7, 11) is 0. The fraction of sp³-hybridized carbons (Fsp3) is 0.588. The lowest BCUT2D eigenvalue weighted by molar-refractivity contribution is -0.119. The second-order valence-electron chi connectivity index (χ2n) is 6.38. The number of fused-ring (bicyclic) bond motifs is 1. The van der Waals surface area contributed by atoms with Crippen LogP contribution in [0.2, 0.25) is 0 Å². The summed E-state index contributed by atoms with van der Waals surface area (Å²) in [6, 6.07) is 2.02. The van der Waals surface area contributed by atoms with Gasteiger partial charge in [-0.25, -0.2) is 0 Å². The van der Waals surface area contributed by atoms with Gasteiger partial charge in [0.15, 0.2) is 0 Å². The first-order valence-electron chi connectivity index (χ1n) is 7.44. The van der Waals surface area contributed by atoms with Crippen molar-refractivity contribution < 1.29 is 9.90 Å². The highest BCUT2D eigenvalue weighted by molar-refractivity contribution is 6.06. The van der Waals surface area contributed by atoms with Gasteiger partial charge in [0.25, 0.3) is 0 Å². The van der Waals surface area contributed by atoms with Crippen molar-refractivity contribution in [2.24, 2.45) is 0 Å². The summed E-state index contributed by atoms with van der Waals surface area (Å²) in [5.41, 5.74) is 4.56. The van der Waals surface area contributed by atoms with Crippen LogP contribution >= 0.6 is 0 Å². The zero-order valence-corrected chi connectivity index (χ0v) is 13.1. The largest absolute Gasteiger partial charge is 0.388 e. The predicted molar refractivity (Wildman–Crippen MR) is 82.1 cm³/mol. The average Bonchev–Trinajstić information content (AvgIpc) is 2.62. The van der Waals surface area contributed by atoms with E-state index in [0.29, 0.717) is 0 Å². The van der Waals surface area contributed by atoms with E-state index >= 15 is 0 Å². The molecule has 0 saturated carbocycles. The first kappa shape index (κ1) is 15.0. The number of carbonyl (C=O) groups excluding carboxylic acids is 1. The van der Waals surface area contributed by atoms with Gasteiger partial charge < -0.3 is 10.4 Å². The molecule has 3 heteroatoms. The number of hydrogen-bond donors (Lipinski definition) is 2. The third-order valence-corrected chi connectivity index (χ3v) is 4.61. The zero-order valence-electron chi connectivity index (χ0n) is 13.1. The summed E-state index contributed by atoms with van der Waals surface area (Å²) in [5.74, 6) is 0.0372. The molecule has 0 saturated heterocycles. The number of rotatable bonds is 4. The van der Waals surface area contributed by atoms with Crippen LogP contribution in [0.5, 0.6) is 0 Å². The zero-order chi connectivity index (χ0) is 15.1. The number of benzene rings is 1. The van der Waals surface area contributed by atoms with Gasteiger partial charge in [0, 0.05) is 5.69 Å². The van der Waals surface area contributed by atoms with Crippen LogP contribution in [0, 0.1) is 13.8 Å². The van der Waals surface area contributed by atoms with E-state index in [1.807, 2.05) is 33.8 Å². The second kappa shape index (κ2) is 5.21. The van der Waals surface area contributed by atoms with E-state index in [0.717, 1.165) is 47.2 Å². The molecule has 0 bridgehead atoms. The molecule has 1 amide bonds. The molecule has 1 aromatic rings. The van der Waals surface area contributed by atoms with Crippen LogP contribution in [-0.2, 0) is 10.2 Å². The van der Waals surface area contributed by atoms with E-state index in [2.05, 4.69) is 12.2 Å². The van der Waals surface area contributed by atoms with Crippen LogP contribution in [0.4, 0.5) is 5.69 Å². The number of hydrogen-bond acceptors (Lipinski definition) is 2. The molecule has 0 aromatic heterocycles. The molecular formula is C17H25NO2. The van der Waals surface area contributed by atoms with Gasteiger partial charge in [-0.15, -0.1) is 0 Å². The predicted octanol–water partition coefficient (Wildman–Crippen LogP) is 3.76. The number of aliphatic hydroxyl groups is 1. The van der Waals surface area contributed by atoms with Crippen molar-refractivity contribution in [2.75, 3.05) is 5.32 Å². The lowest BCUT2D eigenvalue weighted by Crippen LogP contribution is -2.26. The maximum atomic E-state index is 12.1. The van der Waals surface area contributed by atoms with Crippen LogP contribution in [0.1, 0.15) is 68.4 Å². The molecule has 1 aliphatic heterocycles. The van der Waals surface area contributed by atoms with Gasteiger partial charge in [0.05, 0.1) is 11.5 Å². The summed E-state index contributed by atoms with van der Waals surface area (Å²) in [4.78, 5) is 12.1. The Morgan fingerprint density at radius 1 is 1.30 bits per heavy atom. The molecule has 0 fully saturated rings. The van der Waals surface area contributed by atoms with Crippen LogP contribution in [0.3, 0.4) is 0 Å². The van der Waals surface area contributed by atoms with Crippen LogP contribution in [0.15, 0.2) is 6.07 Å². The third-order valence-electron chi connectivity index (χ3n) is 4.61. The molecule has 0 aliphatic carbocycles. The molecule has 110 valence electrons. The van der Waals surface area contributed by atoms with Gasteiger partial charge in [0.1, 0.15) is 0 Å². The minimum Gasteiger partial charge on any atom is -0.388 e. The number of carbonyl (C=O) groups is 1. The van der Waals surface area contributed by atoms with Crippen LogP contribution in [-0.4, -0.2) is 11.0 Å². The highest BCUT2D eigenvalue weighted by Gasteiger charge is 2.40. The van der Waals surface area contributed by atoms with Crippen molar-refractivity contribution in [3.63, 3.8) is 0 Å². The fourth-order valence-electron chi connectivity index (χ4n) is 2.89. The van der Waals surface area contributed by atoms with Gasteiger partial charge in [-0.3, -0.25) is 4.79 Å². The highest BCUT2D eigenvalue weighted by Crippen LogP contribution is 2.43. The first-order chi connectivity index (χ1) is 9.30. The molecule has 20 heavy (non-hydrogen) atoms. The van der Waals surface area contributed by atoms with Crippen molar-refractivity contribution in [1.29, 1.82) is 0 Å². The van der Waals surface area contributed by atoms with Gasteiger partial charge in [-0.2, -0.15) is 0 Å². The average molecular weight is 275 g/mol. The number of aliphatic hydroxyl groups excluding tert-OH is 1. The minimum absolute atomic E-state index is 0.0372. The summed E-state index contributed by atoms with van der Waals surface area (Å²) >= 11 is 0. The molecule has 1 aliphatic rings. The van der Waals surface area contributed by atoms with E-state index in [1.54, 1.807) is 0 Å². The topological polar surface area (TPSA) is 49.3 Å². The number of amides is 1. The number of nitrogens with one attached hydrogen (secondary N) is 1. The van der Waals surface area contributed by atoms with Crippen molar-refractivity contribution in [3.05, 3.63) is 28.3 Å². The summed E-state index contributed by atoms with van der Waals surface area (Å²) in [5, 5.41) is 13.4. The normalized spacial score (nSPS) is 17.8. The quantitative estimate of drug-likeness (QED) is 0.879. The molecule has 0 radical (unpaired) electrons. The molecule has 2 N–H and O–H groups in total. The Balaban J connectivity index is 2.50. The summed E-state index contributed by atoms with van der Waals surface area (Å²) in [6.07, 6.45) is 2.42. The van der Waals surface area contributed by atoms with Gasteiger partial charge in [0.2, 0.25) is 5.91 Å². The molecular weight excluding hydrogens is 250 g/mol. The Morgan fingerprint density at radius 2 is 1.95 bits per heavy atom. The Bertz CT molecular complexity index is 546. The maximum Gasteiger partial charge on any atom is 0.234 e. The van der Waals surface area contributed by atoms with Gasteiger partial charge in [-0.05, 0) is 62.4 Å². The Morgan fingerprint density at radius 3 is 2.55 bits per heavy atom. The Labute approximate surface area is 121 Å². The van der Waals surface area contributed by atoms with Crippen LogP contribution < -0.4 is 5.32 Å². The number of unbranched alkanes of at least 4 members (excludes halogenated alkanes) is 1. The Kier molecular flexibility index (Phi) is 3.92. The first-order valence-corrected chi connectivity index (χ1v) is 7.44. The molecule has 1 unspecified atom stereocenters. The van der Waals surface area contributed by atoms with E-state index in [1.165, 1.54) is 0 Å². The molecule has 0 spiro atoms. The SMILES string of the molecule is CCCCC(O)c1cc2c(c(C)c1C)NC(=O)C2(C)C. The molecule has 3 nitrogen and oxygen atoms in total. The summed E-state index contributed by atoms with van der Waals surface area (Å²) < 4.78 is 0. The summed E-state index contributed by atoms with van der Waals surface area (Å²) in [6.45, 7) is 10.0. The smallest absolute Gasteiger partial charge is 0.234 e. The van der Waals surface area contributed by atoms with Gasteiger partial charge in [-0.1, -0.05) is 19.8 Å². The van der Waals surface area contributed by atoms with E-state index in [4.69, 9.17) is 0 Å². The fourth-order valence-corrected chi connectivity index (χ4v) is 2.89. The van der Waals surface area contributed by atoms with E-state index < -0.39 is 11.5 Å². The van der Waals surface area contributed by atoms with Crippen molar-refractivity contribution in [1.82, 2.24) is 0 Å². The highest BCUT2D eigenvalue weighted by atomic mass is 16.3. The Hall–Kier alpha value is -1.35. The molecule has 2 rings (SSSR count). The van der Waals surface area contributed by atoms with Crippen molar-refractivity contribution >= 4 is 11.6 Å². The van der Waals surface area contributed by atoms with Crippen molar-refractivity contribution in [3.8, 4) is 0 Å². The standard InChI is InChI=1S/C17H25NO2/c1-6-7-8-14(19)12-9-13-15(11(3)10(12)2)18-16(20)17(13,4)5/h9,14,19H,6-8H2,1-5H3,(H,18,20). The third kappa shape index (κ3) is 2.24. The second-order valence-corrected chi connectivity index (χ2v) is 6.38. The van der Waals surface area contributed by atoms with Crippen LogP contribution in [0.25, 0.3) is 0 Å². The van der Waals surface area contributed by atoms with Crippen molar-refractivity contribution in [2.45, 2.75) is 65.4 Å². The molecule has 1 heterocycles. The number of anilines is 1. The van der Waals surface area contributed by atoms with Gasteiger partial charge >= 0.3 is 0 Å². The van der Waals surface area contributed by atoms with E-state index in [-0.39, 0.29) is 5.91 Å². The molecule has 1 atom stereocenters. The molecule has 1 aromatic carbocycles. The lowest BCUT2D eigenvalue weighted by Gasteiger charge is -2.21. The lowest BCUT2D eigenvalue weighted by atomic mass is 9.82. The maximum absolute atomic E-state index is 12.1.